The van der Waals surface area contributed by atoms with Crippen molar-refractivity contribution in [1.82, 2.24) is 15.1 Å². The number of nitrogens with zero attached hydrogens (tertiary/aromatic N) is 3. The number of carbonyl (C=O) groups is 1. The SMILES string of the molecule is CCCn1nc(C)c(N)c1N1CCCC(C(=O)NC)C1. The van der Waals surface area contributed by atoms with Crippen LogP contribution in [0.5, 0.6) is 0 Å². The number of amides is 1. The second-order valence-corrected chi connectivity index (χ2v) is 5.45. The lowest BCUT2D eigenvalue weighted by Crippen LogP contribution is -2.43. The Balaban J connectivity index is 2.24. The minimum Gasteiger partial charge on any atom is -0.394 e. The van der Waals surface area contributed by atoms with E-state index in [4.69, 9.17) is 5.73 Å². The summed E-state index contributed by atoms with van der Waals surface area (Å²) in [5.41, 5.74) is 7.81. The summed E-state index contributed by atoms with van der Waals surface area (Å²) in [6.07, 6.45) is 2.96. The molecule has 0 aliphatic carbocycles. The summed E-state index contributed by atoms with van der Waals surface area (Å²) in [4.78, 5) is 14.1. The number of aromatic nitrogens is 2. The van der Waals surface area contributed by atoms with Gasteiger partial charge in [0.05, 0.1) is 17.3 Å². The molecule has 2 heterocycles. The Hall–Kier alpha value is -1.72. The average molecular weight is 279 g/mol. The molecule has 6 nitrogen and oxygen atoms in total. The number of hydrogen-bond donors (Lipinski definition) is 2. The van der Waals surface area contributed by atoms with Crippen molar-refractivity contribution in [2.75, 3.05) is 30.8 Å². The van der Waals surface area contributed by atoms with Crippen molar-refractivity contribution < 1.29 is 4.79 Å². The topological polar surface area (TPSA) is 76.2 Å². The van der Waals surface area contributed by atoms with Gasteiger partial charge in [0, 0.05) is 26.7 Å². The summed E-state index contributed by atoms with van der Waals surface area (Å²) in [6, 6.07) is 0. The molecule has 1 saturated heterocycles. The largest absolute Gasteiger partial charge is 0.394 e. The number of carbonyl (C=O) groups excluding carboxylic acids is 1. The molecule has 1 unspecified atom stereocenters. The van der Waals surface area contributed by atoms with Gasteiger partial charge in [-0.3, -0.25) is 4.79 Å². The molecule has 0 saturated carbocycles. The minimum absolute atomic E-state index is 0.0402. The number of nitrogens with two attached hydrogens (primary N) is 1. The van der Waals surface area contributed by atoms with Crippen LogP contribution in [0, 0.1) is 12.8 Å². The minimum atomic E-state index is 0.0402. The van der Waals surface area contributed by atoms with E-state index in [2.05, 4.69) is 22.2 Å². The van der Waals surface area contributed by atoms with Crippen molar-refractivity contribution in [3.05, 3.63) is 5.69 Å². The van der Waals surface area contributed by atoms with E-state index in [0.717, 1.165) is 56.1 Å². The van der Waals surface area contributed by atoms with E-state index in [1.54, 1.807) is 7.05 Å². The Bertz CT molecular complexity index is 482. The molecule has 1 aliphatic heterocycles. The van der Waals surface area contributed by atoms with Gasteiger partial charge in [0.1, 0.15) is 0 Å². The molecule has 6 heteroatoms. The van der Waals surface area contributed by atoms with Gasteiger partial charge in [-0.05, 0) is 26.2 Å². The van der Waals surface area contributed by atoms with Gasteiger partial charge in [0.15, 0.2) is 5.82 Å². The summed E-state index contributed by atoms with van der Waals surface area (Å²) >= 11 is 0. The fraction of sp³-hybridized carbons (Fsp3) is 0.714. The summed E-state index contributed by atoms with van der Waals surface area (Å²) in [5, 5.41) is 7.26. The number of nitrogens with one attached hydrogen (secondary N) is 1. The Morgan fingerprint density at radius 1 is 1.55 bits per heavy atom. The monoisotopic (exact) mass is 279 g/mol. The second-order valence-electron chi connectivity index (χ2n) is 5.45. The lowest BCUT2D eigenvalue weighted by molar-refractivity contribution is -0.124. The molecule has 3 N–H and O–H groups in total. The number of hydrogen-bond acceptors (Lipinski definition) is 4. The summed E-state index contributed by atoms with van der Waals surface area (Å²) in [5.74, 6) is 1.14. The van der Waals surface area contributed by atoms with Crippen LogP contribution in [-0.4, -0.2) is 35.8 Å². The summed E-state index contributed by atoms with van der Waals surface area (Å²) < 4.78 is 1.98. The van der Waals surface area contributed by atoms with E-state index in [0.29, 0.717) is 0 Å². The first kappa shape index (κ1) is 14.7. The zero-order valence-electron chi connectivity index (χ0n) is 12.6. The van der Waals surface area contributed by atoms with Gasteiger partial charge < -0.3 is 16.0 Å². The van der Waals surface area contributed by atoms with Crippen LogP contribution in [0.25, 0.3) is 0 Å². The fourth-order valence-electron chi connectivity index (χ4n) is 2.87. The van der Waals surface area contributed by atoms with E-state index in [-0.39, 0.29) is 11.8 Å². The highest BCUT2D eigenvalue weighted by molar-refractivity contribution is 5.79. The lowest BCUT2D eigenvalue weighted by Gasteiger charge is -2.33. The van der Waals surface area contributed by atoms with Crippen LogP contribution in [-0.2, 0) is 11.3 Å². The van der Waals surface area contributed by atoms with Crippen molar-refractivity contribution in [2.45, 2.75) is 39.7 Å². The van der Waals surface area contributed by atoms with Gasteiger partial charge >= 0.3 is 0 Å². The van der Waals surface area contributed by atoms with Crippen molar-refractivity contribution >= 4 is 17.4 Å². The van der Waals surface area contributed by atoms with E-state index in [9.17, 15) is 4.79 Å². The predicted molar refractivity (Wildman–Crippen MR) is 80.7 cm³/mol. The standard InChI is InChI=1S/C14H25N5O/c1-4-7-19-14(12(15)10(2)17-19)18-8-5-6-11(9-18)13(20)16-3/h11H,4-9,15H2,1-3H3,(H,16,20). The van der Waals surface area contributed by atoms with Gasteiger partial charge in [0.25, 0.3) is 0 Å². The Morgan fingerprint density at radius 2 is 2.30 bits per heavy atom. The van der Waals surface area contributed by atoms with E-state index >= 15 is 0 Å². The maximum absolute atomic E-state index is 11.9. The molecule has 0 bridgehead atoms. The van der Waals surface area contributed by atoms with Crippen molar-refractivity contribution in [2.24, 2.45) is 5.92 Å². The highest BCUT2D eigenvalue weighted by atomic mass is 16.1. The molecule has 1 aromatic rings. The van der Waals surface area contributed by atoms with Crippen LogP contribution in [0.1, 0.15) is 31.9 Å². The Morgan fingerprint density at radius 3 is 2.95 bits per heavy atom. The molecule has 1 fully saturated rings. The van der Waals surface area contributed by atoms with Crippen LogP contribution in [0.3, 0.4) is 0 Å². The molecule has 20 heavy (non-hydrogen) atoms. The summed E-state index contributed by atoms with van der Waals surface area (Å²) in [6.45, 7) is 6.57. The van der Waals surface area contributed by atoms with Crippen LogP contribution in [0.2, 0.25) is 0 Å². The number of aryl methyl sites for hydroxylation is 2. The normalized spacial score (nSPS) is 19.1. The molecule has 112 valence electrons. The van der Waals surface area contributed by atoms with Crippen LogP contribution < -0.4 is 16.0 Å². The zero-order chi connectivity index (χ0) is 14.7. The predicted octanol–water partition coefficient (Wildman–Crippen LogP) is 1.15. The first-order valence-electron chi connectivity index (χ1n) is 7.37. The quantitative estimate of drug-likeness (QED) is 0.866. The smallest absolute Gasteiger partial charge is 0.224 e. The molecule has 1 aromatic heterocycles. The molecule has 1 aliphatic rings. The molecule has 2 rings (SSSR count). The van der Waals surface area contributed by atoms with Gasteiger partial charge in [-0.2, -0.15) is 5.10 Å². The number of rotatable bonds is 4. The van der Waals surface area contributed by atoms with E-state index in [1.165, 1.54) is 0 Å². The van der Waals surface area contributed by atoms with Gasteiger partial charge in [-0.1, -0.05) is 6.92 Å². The molecule has 0 radical (unpaired) electrons. The number of piperidine rings is 1. The first-order valence-corrected chi connectivity index (χ1v) is 7.37. The Kier molecular flexibility index (Phi) is 4.52. The van der Waals surface area contributed by atoms with E-state index in [1.807, 2.05) is 11.6 Å². The maximum atomic E-state index is 11.9. The molecule has 0 spiro atoms. The van der Waals surface area contributed by atoms with Crippen molar-refractivity contribution in [1.29, 1.82) is 0 Å². The third-order valence-corrected chi connectivity index (χ3v) is 3.92. The number of nitrogen functional groups attached to an aromatic ring is 1. The van der Waals surface area contributed by atoms with Crippen molar-refractivity contribution in [3.63, 3.8) is 0 Å². The fourth-order valence-corrected chi connectivity index (χ4v) is 2.87. The lowest BCUT2D eigenvalue weighted by atomic mass is 9.97. The maximum Gasteiger partial charge on any atom is 0.224 e. The van der Waals surface area contributed by atoms with Gasteiger partial charge in [-0.15, -0.1) is 0 Å². The molecule has 1 amide bonds. The van der Waals surface area contributed by atoms with Crippen LogP contribution in [0.4, 0.5) is 11.5 Å². The van der Waals surface area contributed by atoms with Gasteiger partial charge in [-0.25, -0.2) is 4.68 Å². The number of anilines is 2. The highest BCUT2D eigenvalue weighted by Crippen LogP contribution is 2.30. The third-order valence-electron chi connectivity index (χ3n) is 3.92. The average Bonchev–Trinajstić information content (AvgIpc) is 2.73. The van der Waals surface area contributed by atoms with Crippen LogP contribution >= 0.6 is 0 Å². The highest BCUT2D eigenvalue weighted by Gasteiger charge is 2.28. The van der Waals surface area contributed by atoms with E-state index < -0.39 is 0 Å². The Labute approximate surface area is 120 Å². The van der Waals surface area contributed by atoms with Crippen LogP contribution in [0.15, 0.2) is 0 Å². The first-order chi connectivity index (χ1) is 9.58. The molecular formula is C14H25N5O. The third kappa shape index (κ3) is 2.73. The van der Waals surface area contributed by atoms with Gasteiger partial charge in [0.2, 0.25) is 5.91 Å². The molecule has 1 atom stereocenters. The second kappa shape index (κ2) is 6.15. The molecule has 0 aromatic carbocycles. The summed E-state index contributed by atoms with van der Waals surface area (Å²) in [7, 11) is 1.70. The van der Waals surface area contributed by atoms with Crippen molar-refractivity contribution in [3.8, 4) is 0 Å². The molecular weight excluding hydrogens is 254 g/mol. The zero-order valence-corrected chi connectivity index (χ0v) is 12.6.